The molecule has 3 aromatic rings. The summed E-state index contributed by atoms with van der Waals surface area (Å²) >= 11 is 0. The lowest BCUT2D eigenvalue weighted by atomic mass is 9.87. The number of nitrogens with one attached hydrogen (secondary N) is 1. The molecule has 2 aromatic carbocycles. The Labute approximate surface area is 175 Å². The van der Waals surface area contributed by atoms with Crippen molar-refractivity contribution in [3.05, 3.63) is 59.8 Å². The van der Waals surface area contributed by atoms with Gasteiger partial charge in [-0.2, -0.15) is 0 Å². The molecule has 156 valence electrons. The zero-order chi connectivity index (χ0) is 20.7. The van der Waals surface area contributed by atoms with Gasteiger partial charge in [0.2, 0.25) is 12.7 Å². The second kappa shape index (κ2) is 7.69. The molecular weight excluding hydrogens is 380 g/mol. The lowest BCUT2D eigenvalue weighted by Crippen LogP contribution is -2.48. The summed E-state index contributed by atoms with van der Waals surface area (Å²) in [7, 11) is 0. The van der Waals surface area contributed by atoms with Gasteiger partial charge in [0, 0.05) is 48.1 Å². The molecule has 0 unspecified atom stereocenters. The number of fused-ring (bicyclic) bond motifs is 2. The maximum absolute atomic E-state index is 13.4. The molecule has 30 heavy (non-hydrogen) atoms. The van der Waals surface area contributed by atoms with Crippen LogP contribution in [0.5, 0.6) is 11.5 Å². The molecule has 0 aliphatic carbocycles. The van der Waals surface area contributed by atoms with Crippen LogP contribution in [0.2, 0.25) is 0 Å². The normalized spacial score (nSPS) is 21.7. The fraction of sp³-hybridized carbons (Fsp3) is 0.375. The third-order valence-electron chi connectivity index (χ3n) is 5.95. The summed E-state index contributed by atoms with van der Waals surface area (Å²) in [5, 5.41) is 1.12. The van der Waals surface area contributed by atoms with Gasteiger partial charge in [-0.05, 0) is 31.5 Å². The fourth-order valence-electron chi connectivity index (χ4n) is 4.68. The predicted octanol–water partition coefficient (Wildman–Crippen LogP) is 4.05. The highest BCUT2D eigenvalue weighted by atomic mass is 16.7. The fourth-order valence-corrected chi connectivity index (χ4v) is 4.68. The Balaban J connectivity index is 1.54. The number of benzene rings is 2. The first kappa shape index (κ1) is 19.0. The minimum atomic E-state index is -0.140. The van der Waals surface area contributed by atoms with Crippen molar-refractivity contribution >= 4 is 16.8 Å². The Morgan fingerprint density at radius 2 is 1.87 bits per heavy atom. The van der Waals surface area contributed by atoms with E-state index in [0.29, 0.717) is 19.5 Å². The molecule has 1 amide bonds. The SMILES string of the molecule is C[C@@H]1CN(C(=O)C[C@@H](c2cccc3c2OCO3)c2c[nH]c3ccccc23)C[C@H](C)O1. The Bertz CT molecular complexity index is 1070. The number of aromatic nitrogens is 1. The maximum atomic E-state index is 13.4. The molecule has 0 spiro atoms. The second-order valence-electron chi connectivity index (χ2n) is 8.18. The van der Waals surface area contributed by atoms with Crippen molar-refractivity contribution in [1.29, 1.82) is 0 Å². The average molecular weight is 406 g/mol. The van der Waals surface area contributed by atoms with Crippen LogP contribution < -0.4 is 9.47 Å². The van der Waals surface area contributed by atoms with E-state index in [1.807, 2.05) is 55.3 Å². The molecule has 0 saturated carbocycles. The van der Waals surface area contributed by atoms with Crippen molar-refractivity contribution in [2.45, 2.75) is 38.4 Å². The zero-order valence-electron chi connectivity index (χ0n) is 17.3. The molecule has 6 nitrogen and oxygen atoms in total. The summed E-state index contributed by atoms with van der Waals surface area (Å²) in [5.74, 6) is 1.46. The van der Waals surface area contributed by atoms with Gasteiger partial charge in [0.25, 0.3) is 0 Å². The van der Waals surface area contributed by atoms with E-state index in [1.54, 1.807) is 0 Å². The van der Waals surface area contributed by atoms with E-state index in [2.05, 4.69) is 17.1 Å². The monoisotopic (exact) mass is 406 g/mol. The third-order valence-corrected chi connectivity index (χ3v) is 5.95. The number of nitrogens with zero attached hydrogens (tertiary/aromatic N) is 1. The number of carbonyl (C=O) groups is 1. The van der Waals surface area contributed by atoms with Gasteiger partial charge in [0.1, 0.15) is 0 Å². The zero-order valence-corrected chi connectivity index (χ0v) is 17.3. The van der Waals surface area contributed by atoms with E-state index in [9.17, 15) is 4.79 Å². The molecular formula is C24H26N2O4. The number of H-pyrrole nitrogens is 1. The molecule has 0 bridgehead atoms. The molecule has 5 rings (SSSR count). The van der Waals surface area contributed by atoms with Crippen molar-refractivity contribution in [3.8, 4) is 11.5 Å². The number of para-hydroxylation sites is 2. The topological polar surface area (TPSA) is 63.8 Å². The summed E-state index contributed by atoms with van der Waals surface area (Å²) in [6, 6.07) is 14.1. The molecule has 0 radical (unpaired) electrons. The van der Waals surface area contributed by atoms with Gasteiger partial charge in [-0.15, -0.1) is 0 Å². The number of hydrogen-bond donors (Lipinski definition) is 1. The Hall–Kier alpha value is -2.99. The van der Waals surface area contributed by atoms with Gasteiger partial charge in [-0.3, -0.25) is 4.79 Å². The minimum Gasteiger partial charge on any atom is -0.454 e. The van der Waals surface area contributed by atoms with Crippen LogP contribution in [-0.2, 0) is 9.53 Å². The van der Waals surface area contributed by atoms with E-state index in [4.69, 9.17) is 14.2 Å². The predicted molar refractivity (Wildman–Crippen MR) is 114 cm³/mol. The number of carbonyl (C=O) groups excluding carboxylic acids is 1. The van der Waals surface area contributed by atoms with E-state index < -0.39 is 0 Å². The number of morpholine rings is 1. The Morgan fingerprint density at radius 3 is 2.70 bits per heavy atom. The lowest BCUT2D eigenvalue weighted by Gasteiger charge is -2.36. The number of rotatable bonds is 4. The van der Waals surface area contributed by atoms with Crippen LogP contribution >= 0.6 is 0 Å². The van der Waals surface area contributed by atoms with Gasteiger partial charge < -0.3 is 24.1 Å². The highest BCUT2D eigenvalue weighted by Crippen LogP contribution is 2.44. The molecule has 1 fully saturated rings. The van der Waals surface area contributed by atoms with Crippen LogP contribution in [0.15, 0.2) is 48.7 Å². The Morgan fingerprint density at radius 1 is 1.07 bits per heavy atom. The first-order valence-electron chi connectivity index (χ1n) is 10.5. The van der Waals surface area contributed by atoms with Crippen molar-refractivity contribution < 1.29 is 19.0 Å². The molecule has 1 aromatic heterocycles. The minimum absolute atomic E-state index is 0.0435. The van der Waals surface area contributed by atoms with E-state index in [-0.39, 0.29) is 30.8 Å². The van der Waals surface area contributed by atoms with Crippen LogP contribution in [-0.4, -0.2) is 47.9 Å². The van der Waals surface area contributed by atoms with Crippen molar-refractivity contribution in [1.82, 2.24) is 9.88 Å². The smallest absolute Gasteiger partial charge is 0.231 e. The van der Waals surface area contributed by atoms with Crippen molar-refractivity contribution in [2.24, 2.45) is 0 Å². The maximum Gasteiger partial charge on any atom is 0.231 e. The van der Waals surface area contributed by atoms with Gasteiger partial charge in [0.15, 0.2) is 11.5 Å². The summed E-state index contributed by atoms with van der Waals surface area (Å²) in [4.78, 5) is 18.7. The second-order valence-corrected chi connectivity index (χ2v) is 8.18. The lowest BCUT2D eigenvalue weighted by molar-refractivity contribution is -0.143. The first-order chi connectivity index (χ1) is 14.6. The number of amides is 1. The highest BCUT2D eigenvalue weighted by Gasteiger charge is 2.32. The molecule has 3 heterocycles. The standard InChI is InChI=1S/C24H26N2O4/c1-15-12-26(13-16(2)30-15)23(27)10-19(18-7-5-9-22-24(18)29-14-28-22)20-11-25-21-8-4-3-6-17(20)21/h3-9,11,15-16,19,25H,10,12-14H2,1-2H3/t15-,16+,19-/m0/s1. The number of ether oxygens (including phenoxy) is 3. The number of aromatic amines is 1. The molecule has 2 aliphatic rings. The summed E-state index contributed by atoms with van der Waals surface area (Å²) in [6.07, 6.45) is 2.47. The number of hydrogen-bond acceptors (Lipinski definition) is 4. The summed E-state index contributed by atoms with van der Waals surface area (Å²) < 4.78 is 17.2. The quantitative estimate of drug-likeness (QED) is 0.710. The Kier molecular flexibility index (Phi) is 4.87. The van der Waals surface area contributed by atoms with Gasteiger partial charge in [0.05, 0.1) is 12.2 Å². The van der Waals surface area contributed by atoms with E-state index in [1.165, 1.54) is 0 Å². The van der Waals surface area contributed by atoms with E-state index >= 15 is 0 Å². The molecule has 3 atom stereocenters. The van der Waals surface area contributed by atoms with Crippen LogP contribution in [0, 0.1) is 0 Å². The first-order valence-corrected chi connectivity index (χ1v) is 10.5. The van der Waals surface area contributed by atoms with Crippen molar-refractivity contribution in [3.63, 3.8) is 0 Å². The highest BCUT2D eigenvalue weighted by molar-refractivity contribution is 5.86. The molecule has 6 heteroatoms. The third kappa shape index (κ3) is 3.41. The van der Waals surface area contributed by atoms with E-state index in [0.717, 1.165) is 33.5 Å². The molecule has 1 saturated heterocycles. The van der Waals surface area contributed by atoms with Crippen LogP contribution in [0.25, 0.3) is 10.9 Å². The average Bonchev–Trinajstić information content (AvgIpc) is 3.38. The molecule has 2 aliphatic heterocycles. The molecule has 1 N–H and O–H groups in total. The van der Waals surface area contributed by atoms with Gasteiger partial charge in [-0.25, -0.2) is 0 Å². The van der Waals surface area contributed by atoms with Gasteiger partial charge >= 0.3 is 0 Å². The van der Waals surface area contributed by atoms with Crippen LogP contribution in [0.1, 0.15) is 37.3 Å². The van der Waals surface area contributed by atoms with Crippen molar-refractivity contribution in [2.75, 3.05) is 19.9 Å². The summed E-state index contributed by atoms with van der Waals surface area (Å²) in [6.45, 7) is 5.48. The van der Waals surface area contributed by atoms with Crippen LogP contribution in [0.3, 0.4) is 0 Å². The van der Waals surface area contributed by atoms with Crippen LogP contribution in [0.4, 0.5) is 0 Å². The largest absolute Gasteiger partial charge is 0.454 e. The summed E-state index contributed by atoms with van der Waals surface area (Å²) in [5.41, 5.74) is 3.14. The van der Waals surface area contributed by atoms with Gasteiger partial charge in [-0.1, -0.05) is 30.3 Å².